The monoisotopic (exact) mass is 147 g/mol. The number of nitriles is 1. The fourth-order valence-corrected chi connectivity index (χ4v) is 0.978. The van der Waals surface area contributed by atoms with Crippen LogP contribution >= 0.6 is 0 Å². The molecule has 1 aliphatic carbocycles. The van der Waals surface area contributed by atoms with Crippen LogP contribution in [0.3, 0.4) is 0 Å². The molecule has 0 aromatic heterocycles. The molecule has 2 heteroatoms. The van der Waals surface area contributed by atoms with Crippen molar-refractivity contribution in [1.29, 1.82) is 5.26 Å². The molecule has 0 aromatic carbocycles. The lowest BCUT2D eigenvalue weighted by molar-refractivity contribution is -0.114. The van der Waals surface area contributed by atoms with Crippen molar-refractivity contribution in [3.05, 3.63) is 23.8 Å². The van der Waals surface area contributed by atoms with Gasteiger partial charge in [-0.15, -0.1) is 0 Å². The zero-order chi connectivity index (χ0) is 8.27. The predicted octanol–water partition coefficient (Wildman–Crippen LogP) is 1.60. The van der Waals surface area contributed by atoms with Gasteiger partial charge in [-0.25, -0.2) is 0 Å². The van der Waals surface area contributed by atoms with E-state index in [1.165, 1.54) is 6.08 Å². The number of carbonyl (C=O) groups is 1. The second kappa shape index (κ2) is 3.16. The zero-order valence-electron chi connectivity index (χ0n) is 6.37. The molecule has 0 heterocycles. The van der Waals surface area contributed by atoms with E-state index in [-0.39, 0.29) is 11.7 Å². The van der Waals surface area contributed by atoms with Crippen LogP contribution < -0.4 is 0 Å². The van der Waals surface area contributed by atoms with E-state index in [9.17, 15) is 4.79 Å². The van der Waals surface area contributed by atoms with Crippen LogP contribution in [0.1, 0.15) is 13.3 Å². The number of nitrogens with zero attached hydrogens (tertiary/aromatic N) is 1. The molecule has 0 saturated heterocycles. The van der Waals surface area contributed by atoms with Crippen molar-refractivity contribution in [2.75, 3.05) is 0 Å². The van der Waals surface area contributed by atoms with E-state index in [1.807, 2.05) is 6.08 Å². The minimum Gasteiger partial charge on any atom is -0.294 e. The second-order valence-electron chi connectivity index (χ2n) is 2.59. The Balaban J connectivity index is 2.75. The van der Waals surface area contributed by atoms with E-state index in [2.05, 4.69) is 6.07 Å². The molecule has 0 N–H and O–H groups in total. The van der Waals surface area contributed by atoms with E-state index in [0.717, 1.165) is 5.57 Å². The Morgan fingerprint density at radius 3 is 3.00 bits per heavy atom. The molecule has 2 nitrogen and oxygen atoms in total. The standard InChI is InChI=1S/C9H9NO/c1-7(6-10)8-3-2-4-9(11)5-8/h2-4,7H,5H2,1H3. The third kappa shape index (κ3) is 1.78. The molecule has 0 aromatic rings. The Morgan fingerprint density at radius 1 is 1.73 bits per heavy atom. The second-order valence-corrected chi connectivity index (χ2v) is 2.59. The number of rotatable bonds is 1. The van der Waals surface area contributed by atoms with Crippen LogP contribution in [0.15, 0.2) is 23.8 Å². The van der Waals surface area contributed by atoms with Crippen LogP contribution in [0, 0.1) is 17.2 Å². The van der Waals surface area contributed by atoms with Crippen molar-refractivity contribution in [2.45, 2.75) is 13.3 Å². The maximum absolute atomic E-state index is 10.9. The molecular weight excluding hydrogens is 138 g/mol. The lowest BCUT2D eigenvalue weighted by Gasteiger charge is -2.08. The lowest BCUT2D eigenvalue weighted by Crippen LogP contribution is -2.05. The maximum atomic E-state index is 10.9. The number of hydrogen-bond acceptors (Lipinski definition) is 2. The molecule has 11 heavy (non-hydrogen) atoms. The summed E-state index contributed by atoms with van der Waals surface area (Å²) >= 11 is 0. The van der Waals surface area contributed by atoms with Crippen molar-refractivity contribution in [3.8, 4) is 6.07 Å². The van der Waals surface area contributed by atoms with Gasteiger partial charge in [-0.2, -0.15) is 5.26 Å². The number of ketones is 1. The van der Waals surface area contributed by atoms with E-state index in [1.54, 1.807) is 13.0 Å². The topological polar surface area (TPSA) is 40.9 Å². The fraction of sp³-hybridized carbons (Fsp3) is 0.333. The average molecular weight is 147 g/mol. The molecule has 0 spiro atoms. The summed E-state index contributed by atoms with van der Waals surface area (Å²) in [5.74, 6) is -0.0477. The van der Waals surface area contributed by atoms with Crippen LogP contribution in [0.4, 0.5) is 0 Å². The SMILES string of the molecule is CC(C#N)C1=CC=CC(=O)C1. The number of carbonyl (C=O) groups excluding carboxylic acids is 1. The molecule has 56 valence electrons. The molecule has 0 bridgehead atoms. The van der Waals surface area contributed by atoms with Gasteiger partial charge in [0.25, 0.3) is 0 Å². The summed E-state index contributed by atoms with van der Waals surface area (Å²) in [6.45, 7) is 1.80. The minimum atomic E-state index is -0.135. The van der Waals surface area contributed by atoms with E-state index < -0.39 is 0 Å². The van der Waals surface area contributed by atoms with Crippen LogP contribution in [0.2, 0.25) is 0 Å². The summed E-state index contributed by atoms with van der Waals surface area (Å²) in [4.78, 5) is 10.9. The molecule has 1 aliphatic rings. The van der Waals surface area contributed by atoms with Crippen molar-refractivity contribution in [2.24, 2.45) is 5.92 Å². The summed E-state index contributed by atoms with van der Waals surface area (Å²) in [6.07, 6.45) is 5.49. The van der Waals surface area contributed by atoms with Crippen molar-refractivity contribution < 1.29 is 4.79 Å². The van der Waals surface area contributed by atoms with Gasteiger partial charge in [0.2, 0.25) is 0 Å². The van der Waals surface area contributed by atoms with Crippen LogP contribution in [0.25, 0.3) is 0 Å². The van der Waals surface area contributed by atoms with Gasteiger partial charge in [-0.3, -0.25) is 4.79 Å². The summed E-state index contributed by atoms with van der Waals surface area (Å²) in [5.41, 5.74) is 0.917. The first-order chi connectivity index (χ1) is 5.24. The van der Waals surface area contributed by atoms with Crippen molar-refractivity contribution in [1.82, 2.24) is 0 Å². The van der Waals surface area contributed by atoms with Gasteiger partial charge in [0, 0.05) is 6.42 Å². The highest BCUT2D eigenvalue weighted by atomic mass is 16.1. The highest BCUT2D eigenvalue weighted by molar-refractivity contribution is 5.93. The largest absolute Gasteiger partial charge is 0.294 e. The van der Waals surface area contributed by atoms with Gasteiger partial charge < -0.3 is 0 Å². The molecule has 0 saturated carbocycles. The Bertz CT molecular complexity index is 268. The van der Waals surface area contributed by atoms with Gasteiger partial charge in [0.15, 0.2) is 5.78 Å². The first-order valence-electron chi connectivity index (χ1n) is 3.53. The third-order valence-corrected chi connectivity index (χ3v) is 1.72. The Hall–Kier alpha value is -1.36. The predicted molar refractivity (Wildman–Crippen MR) is 41.6 cm³/mol. The highest BCUT2D eigenvalue weighted by Crippen LogP contribution is 2.17. The third-order valence-electron chi connectivity index (χ3n) is 1.72. The summed E-state index contributed by atoms with van der Waals surface area (Å²) in [6, 6.07) is 2.10. The van der Waals surface area contributed by atoms with Crippen molar-refractivity contribution in [3.63, 3.8) is 0 Å². The first kappa shape index (κ1) is 7.74. The Morgan fingerprint density at radius 2 is 2.45 bits per heavy atom. The Kier molecular flexibility index (Phi) is 2.22. The number of allylic oxidation sites excluding steroid dienone is 4. The quantitative estimate of drug-likeness (QED) is 0.565. The molecular formula is C9H9NO. The van der Waals surface area contributed by atoms with Gasteiger partial charge in [0.1, 0.15) is 0 Å². The fourth-order valence-electron chi connectivity index (χ4n) is 0.978. The van der Waals surface area contributed by atoms with Gasteiger partial charge in [0.05, 0.1) is 12.0 Å². The molecule has 1 unspecified atom stereocenters. The van der Waals surface area contributed by atoms with E-state index >= 15 is 0 Å². The molecule has 1 rings (SSSR count). The van der Waals surface area contributed by atoms with Gasteiger partial charge >= 0.3 is 0 Å². The highest BCUT2D eigenvalue weighted by Gasteiger charge is 2.12. The maximum Gasteiger partial charge on any atom is 0.159 e. The number of hydrogen-bond donors (Lipinski definition) is 0. The lowest BCUT2D eigenvalue weighted by atomic mass is 9.94. The molecule has 0 fully saturated rings. The minimum absolute atomic E-state index is 0.0876. The van der Waals surface area contributed by atoms with E-state index in [4.69, 9.17) is 5.26 Å². The molecule has 1 atom stereocenters. The smallest absolute Gasteiger partial charge is 0.159 e. The molecule has 0 amide bonds. The van der Waals surface area contributed by atoms with Gasteiger partial charge in [-0.05, 0) is 18.6 Å². The van der Waals surface area contributed by atoms with E-state index in [0.29, 0.717) is 6.42 Å². The molecule has 0 aliphatic heterocycles. The van der Waals surface area contributed by atoms with Crippen LogP contribution in [-0.2, 0) is 4.79 Å². The first-order valence-corrected chi connectivity index (χ1v) is 3.53. The average Bonchev–Trinajstić information content (AvgIpc) is 2.03. The summed E-state index contributed by atoms with van der Waals surface area (Å²) < 4.78 is 0. The molecule has 0 radical (unpaired) electrons. The summed E-state index contributed by atoms with van der Waals surface area (Å²) in [7, 11) is 0. The van der Waals surface area contributed by atoms with Gasteiger partial charge in [-0.1, -0.05) is 12.2 Å². The normalized spacial score (nSPS) is 18.9. The van der Waals surface area contributed by atoms with Crippen LogP contribution in [0.5, 0.6) is 0 Å². The van der Waals surface area contributed by atoms with Crippen molar-refractivity contribution >= 4 is 5.78 Å². The zero-order valence-corrected chi connectivity index (χ0v) is 6.37. The summed E-state index contributed by atoms with van der Waals surface area (Å²) in [5, 5.41) is 8.55. The Labute approximate surface area is 65.8 Å². The van der Waals surface area contributed by atoms with Crippen LogP contribution in [-0.4, -0.2) is 5.78 Å².